The van der Waals surface area contributed by atoms with E-state index >= 15 is 0 Å². The van der Waals surface area contributed by atoms with E-state index in [2.05, 4.69) is 10.3 Å². The van der Waals surface area contributed by atoms with Crippen LogP contribution in [0.2, 0.25) is 0 Å². The lowest BCUT2D eigenvalue weighted by Gasteiger charge is -2.04. The molecule has 1 amide bonds. The zero-order valence-corrected chi connectivity index (χ0v) is 19.2. The number of nitrogens with zero attached hydrogens (tertiary/aromatic N) is 2. The molecule has 0 aliphatic heterocycles. The monoisotopic (exact) mass is 477 g/mol. The Labute approximate surface area is 205 Å². The van der Waals surface area contributed by atoms with Crippen LogP contribution >= 0.6 is 11.3 Å². The molecular weight excluding hydrogens is 458 g/mol. The average molecular weight is 478 g/mol. The number of nitrogens with one attached hydrogen (secondary N) is 1. The van der Waals surface area contributed by atoms with E-state index in [1.807, 2.05) is 72.8 Å². The van der Waals surface area contributed by atoms with E-state index in [-0.39, 0.29) is 11.6 Å². The van der Waals surface area contributed by atoms with Gasteiger partial charge in [0.05, 0.1) is 15.5 Å². The predicted octanol–water partition coefficient (Wildman–Crippen LogP) is 7.30. The van der Waals surface area contributed by atoms with E-state index in [9.17, 15) is 14.9 Å². The van der Waals surface area contributed by atoms with Crippen LogP contribution in [0.5, 0.6) is 0 Å². The van der Waals surface area contributed by atoms with Gasteiger partial charge in [0, 0.05) is 23.3 Å². The average Bonchev–Trinajstić information content (AvgIpc) is 3.33. The maximum atomic E-state index is 13.0. The molecule has 5 aromatic rings. The van der Waals surface area contributed by atoms with E-state index in [0.717, 1.165) is 27.1 Å². The molecule has 1 aromatic heterocycles. The van der Waals surface area contributed by atoms with Crippen LogP contribution in [0, 0.1) is 10.1 Å². The van der Waals surface area contributed by atoms with Crippen molar-refractivity contribution >= 4 is 28.1 Å². The lowest BCUT2D eigenvalue weighted by Crippen LogP contribution is -2.11. The molecule has 0 saturated carbocycles. The van der Waals surface area contributed by atoms with Crippen molar-refractivity contribution in [2.24, 2.45) is 0 Å². The molecule has 0 spiro atoms. The van der Waals surface area contributed by atoms with Gasteiger partial charge >= 0.3 is 0 Å². The smallest absolute Gasteiger partial charge is 0.269 e. The summed E-state index contributed by atoms with van der Waals surface area (Å²) in [6, 6.07) is 33.4. The summed E-state index contributed by atoms with van der Waals surface area (Å²) in [6.45, 7) is 0. The predicted molar refractivity (Wildman–Crippen MR) is 139 cm³/mol. The molecule has 0 unspecified atom stereocenters. The number of nitro groups is 1. The van der Waals surface area contributed by atoms with Gasteiger partial charge in [-0.05, 0) is 41.0 Å². The van der Waals surface area contributed by atoms with E-state index in [1.54, 1.807) is 24.3 Å². The van der Waals surface area contributed by atoms with Gasteiger partial charge in [0.15, 0.2) is 5.13 Å². The lowest BCUT2D eigenvalue weighted by atomic mass is 10.0. The minimum Gasteiger partial charge on any atom is -0.298 e. The van der Waals surface area contributed by atoms with Crippen molar-refractivity contribution in [3.63, 3.8) is 0 Å². The van der Waals surface area contributed by atoms with Crippen LogP contribution in [0.3, 0.4) is 0 Å². The molecule has 0 radical (unpaired) electrons. The van der Waals surface area contributed by atoms with Gasteiger partial charge < -0.3 is 0 Å². The van der Waals surface area contributed by atoms with Crippen LogP contribution in [0.25, 0.3) is 32.8 Å². The first-order valence-corrected chi connectivity index (χ1v) is 11.7. The number of aromatic nitrogens is 1. The topological polar surface area (TPSA) is 85.1 Å². The Bertz CT molecular complexity index is 1480. The molecular formula is C28H19N3O3S. The van der Waals surface area contributed by atoms with Crippen LogP contribution < -0.4 is 5.32 Å². The molecule has 0 aliphatic carbocycles. The Morgan fingerprint density at radius 1 is 0.714 bits per heavy atom. The van der Waals surface area contributed by atoms with Gasteiger partial charge in [0.1, 0.15) is 0 Å². The molecule has 170 valence electrons. The molecule has 4 aromatic carbocycles. The summed E-state index contributed by atoms with van der Waals surface area (Å²) in [5.41, 5.74) is 4.99. The van der Waals surface area contributed by atoms with Gasteiger partial charge in [0.25, 0.3) is 11.6 Å². The summed E-state index contributed by atoms with van der Waals surface area (Å²) >= 11 is 1.36. The summed E-state index contributed by atoms with van der Waals surface area (Å²) in [6.07, 6.45) is 0. The first kappa shape index (κ1) is 22.2. The Morgan fingerprint density at radius 2 is 1.26 bits per heavy atom. The molecule has 0 saturated heterocycles. The number of hydrogen-bond donors (Lipinski definition) is 1. The Morgan fingerprint density at radius 3 is 1.86 bits per heavy atom. The second-order valence-corrected chi connectivity index (χ2v) is 8.76. The van der Waals surface area contributed by atoms with Crippen LogP contribution in [-0.4, -0.2) is 15.8 Å². The van der Waals surface area contributed by atoms with Crippen molar-refractivity contribution in [3.05, 3.63) is 125 Å². The van der Waals surface area contributed by atoms with E-state index in [4.69, 9.17) is 0 Å². The van der Waals surface area contributed by atoms with E-state index in [0.29, 0.717) is 16.4 Å². The molecule has 6 nitrogen and oxygen atoms in total. The zero-order valence-electron chi connectivity index (χ0n) is 18.4. The number of carbonyl (C=O) groups is 1. The molecule has 35 heavy (non-hydrogen) atoms. The summed E-state index contributed by atoms with van der Waals surface area (Å²) in [4.78, 5) is 29.1. The minimum atomic E-state index is -0.433. The van der Waals surface area contributed by atoms with Crippen LogP contribution in [-0.2, 0) is 0 Å². The lowest BCUT2D eigenvalue weighted by molar-refractivity contribution is -0.384. The zero-order chi connectivity index (χ0) is 24.2. The molecule has 1 N–H and O–H groups in total. The Kier molecular flexibility index (Phi) is 6.15. The molecule has 1 heterocycles. The second-order valence-electron chi connectivity index (χ2n) is 7.76. The number of carbonyl (C=O) groups excluding carboxylic acids is 1. The van der Waals surface area contributed by atoms with Crippen molar-refractivity contribution < 1.29 is 9.72 Å². The SMILES string of the molecule is O=C(Nc1nc(-c2ccc([N+](=O)[O-])cc2)c(-c2ccccc2)s1)c1ccc(-c2ccccc2)cc1. The van der Waals surface area contributed by atoms with Gasteiger partial charge in [-0.15, -0.1) is 0 Å². The molecule has 0 aliphatic rings. The number of thiazole rings is 1. The number of amides is 1. The van der Waals surface area contributed by atoms with Crippen LogP contribution in [0.4, 0.5) is 10.8 Å². The summed E-state index contributed by atoms with van der Waals surface area (Å²) in [5.74, 6) is -0.256. The molecule has 0 atom stereocenters. The highest BCUT2D eigenvalue weighted by atomic mass is 32.1. The normalized spacial score (nSPS) is 10.6. The van der Waals surface area contributed by atoms with Gasteiger partial charge in [-0.1, -0.05) is 84.1 Å². The first-order valence-electron chi connectivity index (χ1n) is 10.9. The van der Waals surface area contributed by atoms with Crippen molar-refractivity contribution in [1.82, 2.24) is 4.98 Å². The van der Waals surface area contributed by atoms with Crippen molar-refractivity contribution in [3.8, 4) is 32.8 Å². The maximum absolute atomic E-state index is 13.0. The highest BCUT2D eigenvalue weighted by Crippen LogP contribution is 2.39. The number of nitro benzene ring substituents is 1. The number of benzene rings is 4. The molecule has 7 heteroatoms. The Hall–Kier alpha value is -4.62. The number of anilines is 1. The first-order chi connectivity index (χ1) is 17.1. The molecule has 0 fully saturated rings. The highest BCUT2D eigenvalue weighted by Gasteiger charge is 2.18. The summed E-state index contributed by atoms with van der Waals surface area (Å²) in [7, 11) is 0. The van der Waals surface area contributed by atoms with Gasteiger partial charge in [-0.25, -0.2) is 4.98 Å². The van der Waals surface area contributed by atoms with Gasteiger partial charge in [-0.2, -0.15) is 0 Å². The van der Waals surface area contributed by atoms with E-state index in [1.165, 1.54) is 23.5 Å². The highest BCUT2D eigenvalue weighted by molar-refractivity contribution is 7.19. The maximum Gasteiger partial charge on any atom is 0.269 e. The standard InChI is InChI=1S/C28H19N3O3S/c32-27(23-13-11-20(12-14-23)19-7-3-1-4-8-19)30-28-29-25(21-15-17-24(18-16-21)31(33)34)26(35-28)22-9-5-2-6-10-22/h1-18H,(H,29,30,32). The summed E-state index contributed by atoms with van der Waals surface area (Å²) < 4.78 is 0. The number of rotatable bonds is 6. The third-order valence-corrected chi connectivity index (χ3v) is 6.51. The largest absolute Gasteiger partial charge is 0.298 e. The van der Waals surface area contributed by atoms with Crippen molar-refractivity contribution in [1.29, 1.82) is 0 Å². The second kappa shape index (κ2) is 9.70. The number of hydrogen-bond acceptors (Lipinski definition) is 5. The quantitative estimate of drug-likeness (QED) is 0.205. The fourth-order valence-corrected chi connectivity index (χ4v) is 4.70. The third-order valence-electron chi connectivity index (χ3n) is 5.49. The van der Waals surface area contributed by atoms with Crippen LogP contribution in [0.1, 0.15) is 10.4 Å². The molecule has 5 rings (SSSR count). The van der Waals surface area contributed by atoms with Gasteiger partial charge in [0.2, 0.25) is 0 Å². The fraction of sp³-hybridized carbons (Fsp3) is 0. The van der Waals surface area contributed by atoms with E-state index < -0.39 is 4.92 Å². The van der Waals surface area contributed by atoms with Crippen molar-refractivity contribution in [2.45, 2.75) is 0 Å². The molecule has 0 bridgehead atoms. The Balaban J connectivity index is 1.44. The van der Waals surface area contributed by atoms with Gasteiger partial charge in [-0.3, -0.25) is 20.2 Å². The van der Waals surface area contributed by atoms with Crippen molar-refractivity contribution in [2.75, 3.05) is 5.32 Å². The summed E-state index contributed by atoms with van der Waals surface area (Å²) in [5, 5.41) is 14.4. The minimum absolute atomic E-state index is 0.0118. The number of non-ortho nitro benzene ring substituents is 1. The fourth-order valence-electron chi connectivity index (χ4n) is 3.71. The van der Waals surface area contributed by atoms with Crippen LogP contribution in [0.15, 0.2) is 109 Å². The third kappa shape index (κ3) is 4.85.